The predicted molar refractivity (Wildman–Crippen MR) is 103 cm³/mol. The lowest BCUT2D eigenvalue weighted by Gasteiger charge is -2.11. The molecule has 2 aromatic heterocycles. The van der Waals surface area contributed by atoms with Crippen molar-refractivity contribution in [1.82, 2.24) is 9.97 Å². The van der Waals surface area contributed by atoms with Gasteiger partial charge in [-0.25, -0.2) is 9.97 Å². The zero-order chi connectivity index (χ0) is 17.8. The van der Waals surface area contributed by atoms with Crippen molar-refractivity contribution in [3.63, 3.8) is 0 Å². The number of aryl methyl sites for hydroxylation is 1. The predicted octanol–water partition coefficient (Wildman–Crippen LogP) is 4.42. The molecule has 25 heavy (non-hydrogen) atoms. The highest BCUT2D eigenvalue weighted by atomic mass is 32.2. The normalized spacial score (nSPS) is 11.0. The highest BCUT2D eigenvalue weighted by Crippen LogP contribution is 2.43. The third-order valence-corrected chi connectivity index (χ3v) is 5.79. The molecule has 1 aromatic carbocycles. The first-order chi connectivity index (χ1) is 12.2. The second-order valence-electron chi connectivity index (χ2n) is 5.30. The van der Waals surface area contributed by atoms with Crippen LogP contribution in [0.5, 0.6) is 11.5 Å². The van der Waals surface area contributed by atoms with Gasteiger partial charge >= 0.3 is 0 Å². The minimum absolute atomic E-state index is 0.685. The smallest absolute Gasteiger partial charge is 0.161 e. The summed E-state index contributed by atoms with van der Waals surface area (Å²) in [6.45, 7) is 2.80. The molecule has 3 aromatic rings. The molecule has 0 saturated heterocycles. The van der Waals surface area contributed by atoms with E-state index in [0.717, 1.165) is 37.9 Å². The summed E-state index contributed by atoms with van der Waals surface area (Å²) < 4.78 is 16.0. The first-order valence-corrected chi connectivity index (χ1v) is 9.58. The van der Waals surface area contributed by atoms with E-state index < -0.39 is 0 Å². The number of nitrogens with zero attached hydrogens (tertiary/aromatic N) is 2. The molecule has 0 radical (unpaired) electrons. The van der Waals surface area contributed by atoms with Gasteiger partial charge in [-0.1, -0.05) is 6.07 Å². The van der Waals surface area contributed by atoms with E-state index >= 15 is 0 Å². The minimum atomic E-state index is 0.685. The van der Waals surface area contributed by atoms with E-state index in [1.807, 2.05) is 18.2 Å². The highest BCUT2D eigenvalue weighted by Gasteiger charge is 2.18. The molecule has 0 bridgehead atoms. The summed E-state index contributed by atoms with van der Waals surface area (Å²) >= 11 is 3.37. The van der Waals surface area contributed by atoms with E-state index in [1.54, 1.807) is 50.8 Å². The van der Waals surface area contributed by atoms with Gasteiger partial charge in [-0.05, 0) is 24.6 Å². The molecule has 0 unspecified atom stereocenters. The Kier molecular flexibility index (Phi) is 5.78. The molecule has 0 fully saturated rings. The van der Waals surface area contributed by atoms with Crippen molar-refractivity contribution in [1.29, 1.82) is 0 Å². The number of rotatable bonds is 7. The summed E-state index contributed by atoms with van der Waals surface area (Å²) in [6.07, 6.45) is 1.63. The monoisotopic (exact) mass is 376 g/mol. The Labute approximate surface area is 155 Å². The van der Waals surface area contributed by atoms with E-state index in [2.05, 4.69) is 16.9 Å². The molecule has 7 heteroatoms. The van der Waals surface area contributed by atoms with Gasteiger partial charge in [0.1, 0.15) is 16.2 Å². The van der Waals surface area contributed by atoms with Gasteiger partial charge in [-0.2, -0.15) is 0 Å². The van der Waals surface area contributed by atoms with Crippen LogP contribution in [0.4, 0.5) is 0 Å². The Morgan fingerprint density at radius 1 is 1.08 bits per heavy atom. The number of benzene rings is 1. The molecule has 2 heterocycles. The van der Waals surface area contributed by atoms with Gasteiger partial charge in [0.15, 0.2) is 11.5 Å². The van der Waals surface area contributed by atoms with E-state index in [9.17, 15) is 0 Å². The highest BCUT2D eigenvalue weighted by molar-refractivity contribution is 7.99. The number of hydrogen-bond acceptors (Lipinski definition) is 7. The number of thioether (sulfide) groups is 1. The Balaban J connectivity index is 2.14. The summed E-state index contributed by atoms with van der Waals surface area (Å²) in [5.74, 6) is 2.28. The molecule has 0 saturated carbocycles. The molecule has 0 amide bonds. The summed E-state index contributed by atoms with van der Waals surface area (Å²) in [6, 6.07) is 5.98. The van der Waals surface area contributed by atoms with Gasteiger partial charge in [0.25, 0.3) is 0 Å². The van der Waals surface area contributed by atoms with Gasteiger partial charge < -0.3 is 14.2 Å². The van der Waals surface area contributed by atoms with Gasteiger partial charge in [0.05, 0.1) is 26.2 Å². The van der Waals surface area contributed by atoms with Gasteiger partial charge in [-0.3, -0.25) is 0 Å². The van der Waals surface area contributed by atoms with E-state index in [0.29, 0.717) is 12.4 Å². The quantitative estimate of drug-likeness (QED) is 0.346. The van der Waals surface area contributed by atoms with Crippen molar-refractivity contribution in [3.05, 3.63) is 29.4 Å². The molecule has 0 atom stereocenters. The van der Waals surface area contributed by atoms with Crippen molar-refractivity contribution in [3.8, 4) is 22.6 Å². The standard InChI is InChI=1S/C18H20N2O3S2/c1-11-15(12-5-6-13(22-3)14(9-12)23-4)16-17(24-8-7-21-2)19-10-20-18(16)25-11/h5-6,9-10H,7-8H2,1-4H3. The van der Waals surface area contributed by atoms with Crippen molar-refractivity contribution in [2.75, 3.05) is 33.7 Å². The first-order valence-electron chi connectivity index (χ1n) is 7.77. The number of methoxy groups -OCH3 is 3. The molecular formula is C18H20N2O3S2. The number of thiophene rings is 1. The number of aromatic nitrogens is 2. The SMILES string of the molecule is COCCSc1ncnc2sc(C)c(-c3ccc(OC)c(OC)c3)c12. The van der Waals surface area contributed by atoms with Crippen molar-refractivity contribution < 1.29 is 14.2 Å². The number of fused-ring (bicyclic) bond motifs is 1. The first kappa shape index (κ1) is 18.0. The lowest BCUT2D eigenvalue weighted by atomic mass is 10.0. The average Bonchev–Trinajstić information content (AvgIpc) is 2.98. The van der Waals surface area contributed by atoms with Crippen LogP contribution >= 0.6 is 23.1 Å². The molecular weight excluding hydrogens is 356 g/mol. The summed E-state index contributed by atoms with van der Waals surface area (Å²) in [7, 11) is 5.00. The van der Waals surface area contributed by atoms with Crippen LogP contribution in [0, 0.1) is 6.92 Å². The maximum absolute atomic E-state index is 5.46. The topological polar surface area (TPSA) is 53.5 Å². The van der Waals surface area contributed by atoms with Crippen LogP contribution < -0.4 is 9.47 Å². The number of ether oxygens (including phenoxy) is 3. The molecule has 0 N–H and O–H groups in total. The Hall–Kier alpha value is -1.83. The summed E-state index contributed by atoms with van der Waals surface area (Å²) in [4.78, 5) is 11.2. The Morgan fingerprint density at radius 3 is 2.60 bits per heavy atom. The zero-order valence-corrected chi connectivity index (χ0v) is 16.3. The summed E-state index contributed by atoms with van der Waals surface area (Å²) in [5.41, 5.74) is 2.23. The average molecular weight is 377 g/mol. The Bertz CT molecular complexity index is 880. The van der Waals surface area contributed by atoms with Gasteiger partial charge in [0, 0.05) is 23.3 Å². The lowest BCUT2D eigenvalue weighted by molar-refractivity contribution is 0.218. The van der Waals surface area contributed by atoms with Crippen LogP contribution in [-0.2, 0) is 4.74 Å². The van der Waals surface area contributed by atoms with E-state index in [1.165, 1.54) is 4.88 Å². The summed E-state index contributed by atoms with van der Waals surface area (Å²) in [5, 5.41) is 2.08. The van der Waals surface area contributed by atoms with Crippen molar-refractivity contribution in [2.45, 2.75) is 11.9 Å². The molecule has 0 aliphatic carbocycles. The molecule has 0 spiro atoms. The van der Waals surface area contributed by atoms with Gasteiger partial charge in [-0.15, -0.1) is 23.1 Å². The van der Waals surface area contributed by atoms with Crippen LogP contribution in [0.25, 0.3) is 21.3 Å². The lowest BCUT2D eigenvalue weighted by Crippen LogP contribution is -1.94. The van der Waals surface area contributed by atoms with Crippen LogP contribution in [-0.4, -0.2) is 43.7 Å². The second-order valence-corrected chi connectivity index (χ2v) is 7.59. The fourth-order valence-corrected chi connectivity index (χ4v) is 4.67. The molecule has 0 aliphatic rings. The third-order valence-electron chi connectivity index (χ3n) is 3.83. The maximum Gasteiger partial charge on any atom is 0.161 e. The maximum atomic E-state index is 5.46. The van der Waals surface area contributed by atoms with Crippen LogP contribution in [0.3, 0.4) is 0 Å². The van der Waals surface area contributed by atoms with Crippen molar-refractivity contribution >= 4 is 33.3 Å². The van der Waals surface area contributed by atoms with Gasteiger partial charge in [0.2, 0.25) is 0 Å². The molecule has 3 rings (SSSR count). The minimum Gasteiger partial charge on any atom is -0.493 e. The van der Waals surface area contributed by atoms with Crippen LogP contribution in [0.1, 0.15) is 4.88 Å². The van der Waals surface area contributed by atoms with E-state index in [4.69, 9.17) is 14.2 Å². The molecule has 132 valence electrons. The van der Waals surface area contributed by atoms with Crippen molar-refractivity contribution in [2.24, 2.45) is 0 Å². The second kappa shape index (κ2) is 8.03. The number of hydrogen-bond donors (Lipinski definition) is 0. The fraction of sp³-hybridized carbons (Fsp3) is 0.333. The molecule has 5 nitrogen and oxygen atoms in total. The zero-order valence-electron chi connectivity index (χ0n) is 14.7. The fourth-order valence-electron chi connectivity index (χ4n) is 2.69. The Morgan fingerprint density at radius 2 is 1.88 bits per heavy atom. The third kappa shape index (κ3) is 3.58. The largest absolute Gasteiger partial charge is 0.493 e. The van der Waals surface area contributed by atoms with Crippen LogP contribution in [0.15, 0.2) is 29.6 Å². The molecule has 0 aliphatic heterocycles. The van der Waals surface area contributed by atoms with Crippen LogP contribution in [0.2, 0.25) is 0 Å². The van der Waals surface area contributed by atoms with E-state index in [-0.39, 0.29) is 0 Å².